The second kappa shape index (κ2) is 12.9. The Morgan fingerprint density at radius 1 is 1.02 bits per heavy atom. The quantitative estimate of drug-likeness (QED) is 0.250. The molecule has 11 nitrogen and oxygen atoms in total. The maximum Gasteiger partial charge on any atom is 0.229 e. The zero-order valence-electron chi connectivity index (χ0n) is 25.1. The number of nitrogens with zero attached hydrogens (tertiary/aromatic N) is 7. The summed E-state index contributed by atoms with van der Waals surface area (Å²) in [6.07, 6.45) is 6.21. The van der Waals surface area contributed by atoms with Crippen LogP contribution in [-0.4, -0.2) is 95.8 Å². The topological polar surface area (TPSA) is 104 Å². The molecule has 1 atom stereocenters. The van der Waals surface area contributed by atoms with Crippen molar-refractivity contribution in [2.24, 2.45) is 0 Å². The second-order valence-electron chi connectivity index (χ2n) is 11.1. The Balaban J connectivity index is 1.18. The molecule has 2 aromatic heterocycles. The first-order valence-electron chi connectivity index (χ1n) is 14.7. The molecule has 0 bridgehead atoms. The monoisotopic (exact) mass is 647 g/mol. The van der Waals surface area contributed by atoms with Crippen molar-refractivity contribution in [3.05, 3.63) is 52.9 Å². The largest absolute Gasteiger partial charge is 0.494 e. The minimum Gasteiger partial charge on any atom is -0.494 e. The van der Waals surface area contributed by atoms with E-state index in [0.29, 0.717) is 30.2 Å². The Kier molecular flexibility index (Phi) is 8.78. The number of methoxy groups -OCH3 is 1. The van der Waals surface area contributed by atoms with Crippen LogP contribution < -0.4 is 25.0 Å². The van der Waals surface area contributed by atoms with Crippen LogP contribution in [0.3, 0.4) is 0 Å². The highest BCUT2D eigenvalue weighted by Gasteiger charge is 2.24. The van der Waals surface area contributed by atoms with E-state index < -0.39 is 0 Å². The number of fused-ring (bicyclic) bond motifs is 2. The van der Waals surface area contributed by atoms with Crippen molar-refractivity contribution < 1.29 is 9.47 Å². The van der Waals surface area contributed by atoms with E-state index in [2.05, 4.69) is 76.3 Å². The molecule has 4 aromatic rings. The van der Waals surface area contributed by atoms with Crippen LogP contribution in [0.25, 0.3) is 11.0 Å². The summed E-state index contributed by atoms with van der Waals surface area (Å²) in [5.41, 5.74) is 5.35. The highest BCUT2D eigenvalue weighted by atomic mass is 79.9. The molecule has 2 N–H and O–H groups in total. The fourth-order valence-corrected chi connectivity index (χ4v) is 5.95. The number of aromatic nitrogens is 4. The van der Waals surface area contributed by atoms with Crippen molar-refractivity contribution in [2.45, 2.75) is 26.3 Å². The highest BCUT2D eigenvalue weighted by molar-refractivity contribution is 9.10. The van der Waals surface area contributed by atoms with E-state index >= 15 is 0 Å². The van der Waals surface area contributed by atoms with Crippen LogP contribution in [0.5, 0.6) is 11.5 Å². The van der Waals surface area contributed by atoms with Gasteiger partial charge in [-0.05, 0) is 55.4 Å². The lowest BCUT2D eigenvalue weighted by Crippen LogP contribution is -2.49. The fourth-order valence-electron chi connectivity index (χ4n) is 5.66. The number of hydrogen-bond acceptors (Lipinski definition) is 11. The summed E-state index contributed by atoms with van der Waals surface area (Å²) >= 11 is 3.59. The summed E-state index contributed by atoms with van der Waals surface area (Å²) in [5, 5.41) is 6.76. The van der Waals surface area contributed by atoms with E-state index in [4.69, 9.17) is 14.5 Å². The first kappa shape index (κ1) is 29.3. The minimum absolute atomic E-state index is 0.427. The van der Waals surface area contributed by atoms with Crippen LogP contribution in [0.4, 0.5) is 28.8 Å². The van der Waals surface area contributed by atoms with Gasteiger partial charge in [0, 0.05) is 80.7 Å². The molecule has 2 aliphatic heterocycles. The van der Waals surface area contributed by atoms with Crippen LogP contribution in [0.1, 0.15) is 18.9 Å². The van der Waals surface area contributed by atoms with Crippen molar-refractivity contribution in [3.63, 3.8) is 0 Å². The summed E-state index contributed by atoms with van der Waals surface area (Å²) in [4.78, 5) is 25.6. The molecule has 1 saturated heterocycles. The van der Waals surface area contributed by atoms with Gasteiger partial charge < -0.3 is 29.9 Å². The lowest BCUT2D eigenvalue weighted by atomic mass is 10.1. The number of benzene rings is 2. The van der Waals surface area contributed by atoms with Crippen molar-refractivity contribution in [1.29, 1.82) is 0 Å². The molecule has 1 fully saturated rings. The average Bonchev–Trinajstić information content (AvgIpc) is 3.02. The number of likely N-dealkylation sites (N-methyl/N-ethyl adjacent to an activating group) is 1. The summed E-state index contributed by atoms with van der Waals surface area (Å²) in [6.45, 7) is 11.3. The van der Waals surface area contributed by atoms with Crippen molar-refractivity contribution in [1.82, 2.24) is 29.7 Å². The first-order valence-corrected chi connectivity index (χ1v) is 15.5. The molecule has 0 spiro atoms. The molecule has 226 valence electrons. The number of halogens is 1. The lowest BCUT2D eigenvalue weighted by molar-refractivity contribution is 0.115. The number of anilines is 5. The molecule has 6 rings (SSSR count). The van der Waals surface area contributed by atoms with Gasteiger partial charge in [0.15, 0.2) is 0 Å². The van der Waals surface area contributed by atoms with Crippen molar-refractivity contribution >= 4 is 55.8 Å². The Morgan fingerprint density at radius 3 is 2.65 bits per heavy atom. The number of piperazine rings is 1. The molecular formula is C31H38BrN9O2. The van der Waals surface area contributed by atoms with E-state index in [9.17, 15) is 0 Å². The van der Waals surface area contributed by atoms with Crippen molar-refractivity contribution in [3.8, 4) is 11.5 Å². The van der Waals surface area contributed by atoms with Gasteiger partial charge >= 0.3 is 0 Å². The summed E-state index contributed by atoms with van der Waals surface area (Å²) in [7, 11) is 3.88. The first-order chi connectivity index (χ1) is 20.9. The van der Waals surface area contributed by atoms with Gasteiger partial charge in [0.2, 0.25) is 5.95 Å². The lowest BCUT2D eigenvalue weighted by Gasteiger charge is -2.38. The van der Waals surface area contributed by atoms with E-state index in [-0.39, 0.29) is 0 Å². The standard InChI is InChI=1S/C31H38BrN9O2/c1-20(40-13-11-39(3)12-14-40)7-10-41-15-16-43-28-17-25(27(42-4)18-26(28)41)37-31-35-19-22(32)30(38-31)36-23-5-6-24-29(21(23)2)34-9-8-33-24/h5-6,8-9,17-20H,7,10-16H2,1-4H3,(H2,35,36,37,38). The number of rotatable bonds is 9. The van der Waals surface area contributed by atoms with E-state index in [1.165, 1.54) is 0 Å². The molecule has 1 unspecified atom stereocenters. The number of ether oxygens (including phenoxy) is 2. The van der Waals surface area contributed by atoms with E-state index in [1.807, 2.05) is 25.1 Å². The van der Waals surface area contributed by atoms with Crippen LogP contribution in [-0.2, 0) is 0 Å². The van der Waals surface area contributed by atoms with Gasteiger partial charge in [0.1, 0.15) is 23.9 Å². The zero-order valence-corrected chi connectivity index (χ0v) is 26.7. The third kappa shape index (κ3) is 6.46. The molecule has 0 saturated carbocycles. The summed E-state index contributed by atoms with van der Waals surface area (Å²) < 4.78 is 12.7. The van der Waals surface area contributed by atoms with Crippen LogP contribution >= 0.6 is 15.9 Å². The van der Waals surface area contributed by atoms with Gasteiger partial charge in [-0.25, -0.2) is 4.98 Å². The Morgan fingerprint density at radius 2 is 1.84 bits per heavy atom. The highest BCUT2D eigenvalue weighted by Crippen LogP contribution is 2.41. The summed E-state index contributed by atoms with van der Waals surface area (Å²) in [5.74, 6) is 2.57. The van der Waals surface area contributed by atoms with Gasteiger partial charge in [-0.2, -0.15) is 4.98 Å². The van der Waals surface area contributed by atoms with Crippen LogP contribution in [0.2, 0.25) is 0 Å². The predicted octanol–water partition coefficient (Wildman–Crippen LogP) is 5.21. The molecular weight excluding hydrogens is 610 g/mol. The maximum absolute atomic E-state index is 6.11. The van der Waals surface area contributed by atoms with E-state index in [1.54, 1.807) is 25.7 Å². The Bertz CT molecular complexity index is 1600. The van der Waals surface area contributed by atoms with Gasteiger partial charge in [-0.15, -0.1) is 0 Å². The zero-order chi connectivity index (χ0) is 29.9. The third-order valence-electron chi connectivity index (χ3n) is 8.36. The third-order valence-corrected chi connectivity index (χ3v) is 8.94. The number of nitrogens with one attached hydrogen (secondary N) is 2. The van der Waals surface area contributed by atoms with Crippen molar-refractivity contribution in [2.75, 3.05) is 75.6 Å². The number of aryl methyl sites for hydroxylation is 1. The fraction of sp³-hybridized carbons (Fsp3) is 0.419. The molecule has 4 heterocycles. The minimum atomic E-state index is 0.427. The maximum atomic E-state index is 6.11. The molecule has 2 aromatic carbocycles. The number of hydrogen-bond donors (Lipinski definition) is 2. The van der Waals surface area contributed by atoms with Crippen LogP contribution in [0, 0.1) is 6.92 Å². The molecule has 0 aliphatic carbocycles. The predicted molar refractivity (Wildman–Crippen MR) is 174 cm³/mol. The molecule has 2 aliphatic rings. The smallest absolute Gasteiger partial charge is 0.229 e. The normalized spacial score (nSPS) is 16.4. The van der Waals surface area contributed by atoms with Gasteiger partial charge in [-0.1, -0.05) is 0 Å². The summed E-state index contributed by atoms with van der Waals surface area (Å²) in [6, 6.07) is 8.49. The SMILES string of the molecule is COc1cc2c(cc1Nc1ncc(Br)c(Nc3ccc4nccnc4c3C)n1)OCCN2CCC(C)N1CCN(C)CC1. The Hall–Kier alpha value is -3.74. The molecule has 0 amide bonds. The van der Waals surface area contributed by atoms with Gasteiger partial charge in [0.25, 0.3) is 0 Å². The van der Waals surface area contributed by atoms with E-state index in [0.717, 1.165) is 89.6 Å². The molecule has 12 heteroatoms. The molecule has 43 heavy (non-hydrogen) atoms. The van der Waals surface area contributed by atoms with Gasteiger partial charge in [0.05, 0.1) is 40.5 Å². The molecule has 0 radical (unpaired) electrons. The van der Waals surface area contributed by atoms with Crippen LogP contribution in [0.15, 0.2) is 47.3 Å². The Labute approximate surface area is 260 Å². The second-order valence-corrected chi connectivity index (χ2v) is 12.0. The van der Waals surface area contributed by atoms with Gasteiger partial charge in [-0.3, -0.25) is 14.9 Å². The average molecular weight is 649 g/mol.